The second-order valence-electron chi connectivity index (χ2n) is 11.8. The molecule has 8 heteroatoms. The number of carbonyl (C=O) groups is 2. The number of amides is 2. The molecule has 0 spiro atoms. The predicted octanol–water partition coefficient (Wildman–Crippen LogP) is 9.31. The van der Waals surface area contributed by atoms with Gasteiger partial charge in [-0.3, -0.25) is 9.59 Å². The molecule has 1 aliphatic rings. The first-order valence-electron chi connectivity index (χ1n) is 15.8. The minimum Gasteiger partial charge on any atom is -0.508 e. The van der Waals surface area contributed by atoms with Crippen LogP contribution in [0.3, 0.4) is 0 Å². The number of hydrogen-bond acceptors (Lipinski definition) is 6. The lowest BCUT2D eigenvalue weighted by atomic mass is 9.84. The van der Waals surface area contributed by atoms with Gasteiger partial charge in [-0.1, -0.05) is 84.9 Å². The molecular formula is C42H27NO6S. The van der Waals surface area contributed by atoms with E-state index in [4.69, 9.17) is 4.74 Å². The van der Waals surface area contributed by atoms with E-state index >= 15 is 0 Å². The molecule has 8 rings (SSSR count). The smallest absolute Gasteiger partial charge is 0.266 e. The number of phenols is 1. The summed E-state index contributed by atoms with van der Waals surface area (Å²) in [4.78, 5) is 30.3. The predicted molar refractivity (Wildman–Crippen MR) is 192 cm³/mol. The van der Waals surface area contributed by atoms with Crippen molar-refractivity contribution in [3.05, 3.63) is 169 Å². The van der Waals surface area contributed by atoms with Gasteiger partial charge in [0.25, 0.3) is 11.8 Å². The third-order valence-corrected chi connectivity index (χ3v) is 10.6. The van der Waals surface area contributed by atoms with Crippen molar-refractivity contribution in [2.45, 2.75) is 9.79 Å². The average molecular weight is 674 g/mol. The Morgan fingerprint density at radius 2 is 0.880 bits per heavy atom. The minimum absolute atomic E-state index is 0.0927. The first kappa shape index (κ1) is 30.8. The van der Waals surface area contributed by atoms with Crippen molar-refractivity contribution in [1.29, 1.82) is 0 Å². The van der Waals surface area contributed by atoms with E-state index in [2.05, 4.69) is 0 Å². The number of sulfone groups is 1. The number of phenolic OH excluding ortho intramolecular Hbond substituents is 1. The molecule has 0 saturated carbocycles. The van der Waals surface area contributed by atoms with Crippen molar-refractivity contribution in [1.82, 2.24) is 0 Å². The largest absolute Gasteiger partial charge is 0.508 e. The third-order valence-electron chi connectivity index (χ3n) is 8.79. The van der Waals surface area contributed by atoms with Gasteiger partial charge in [-0.25, -0.2) is 13.3 Å². The Bertz CT molecular complexity index is 2530. The second kappa shape index (κ2) is 12.2. The molecule has 1 aliphatic heterocycles. The number of benzene rings is 7. The molecule has 7 aromatic carbocycles. The number of para-hydroxylation sites is 1. The van der Waals surface area contributed by atoms with E-state index in [9.17, 15) is 23.1 Å². The molecule has 7 aromatic rings. The molecule has 0 radical (unpaired) electrons. The Kier molecular flexibility index (Phi) is 7.50. The van der Waals surface area contributed by atoms with Crippen molar-refractivity contribution >= 4 is 38.1 Å². The summed E-state index contributed by atoms with van der Waals surface area (Å²) < 4.78 is 32.1. The summed E-state index contributed by atoms with van der Waals surface area (Å²) in [6.45, 7) is 0. The van der Waals surface area contributed by atoms with E-state index in [0.717, 1.165) is 10.8 Å². The summed E-state index contributed by atoms with van der Waals surface area (Å²) in [6, 6.07) is 44.9. The number of fused-ring (bicyclic) bond motifs is 2. The quantitative estimate of drug-likeness (QED) is 0.169. The number of anilines is 1. The highest BCUT2D eigenvalue weighted by molar-refractivity contribution is 7.91. The maximum absolute atomic E-state index is 14.4. The van der Waals surface area contributed by atoms with Crippen molar-refractivity contribution in [2.24, 2.45) is 0 Å². The Morgan fingerprint density at radius 3 is 1.40 bits per heavy atom. The Balaban J connectivity index is 1.21. The molecule has 1 heterocycles. The molecule has 242 valence electrons. The van der Waals surface area contributed by atoms with Gasteiger partial charge in [0.15, 0.2) is 0 Å². The van der Waals surface area contributed by atoms with E-state index in [1.807, 2.05) is 42.5 Å². The Hall–Kier alpha value is -6.51. The van der Waals surface area contributed by atoms with Crippen LogP contribution in [0, 0.1) is 0 Å². The van der Waals surface area contributed by atoms with Crippen molar-refractivity contribution in [3.8, 4) is 39.5 Å². The van der Waals surface area contributed by atoms with Gasteiger partial charge in [0.05, 0.1) is 26.6 Å². The van der Waals surface area contributed by atoms with Crippen LogP contribution in [0.5, 0.6) is 17.2 Å². The fraction of sp³-hybridized carbons (Fsp3) is 0. The molecule has 0 aliphatic carbocycles. The number of nitrogens with zero attached hydrogens (tertiary/aromatic N) is 1. The van der Waals surface area contributed by atoms with Gasteiger partial charge in [0.1, 0.15) is 17.2 Å². The summed E-state index contributed by atoms with van der Waals surface area (Å²) in [5.74, 6) is 0.193. The zero-order valence-corrected chi connectivity index (χ0v) is 27.2. The lowest BCUT2D eigenvalue weighted by Gasteiger charge is -2.17. The summed E-state index contributed by atoms with van der Waals surface area (Å²) in [5, 5.41) is 11.6. The molecule has 0 bridgehead atoms. The number of aromatic hydroxyl groups is 1. The third kappa shape index (κ3) is 5.19. The Labute approximate surface area is 288 Å². The van der Waals surface area contributed by atoms with Crippen LogP contribution in [0.15, 0.2) is 168 Å². The highest BCUT2D eigenvalue weighted by Crippen LogP contribution is 2.47. The van der Waals surface area contributed by atoms with Crippen LogP contribution in [-0.4, -0.2) is 25.3 Å². The van der Waals surface area contributed by atoms with Crippen LogP contribution in [-0.2, 0) is 9.84 Å². The molecule has 0 atom stereocenters. The highest BCUT2D eigenvalue weighted by Gasteiger charge is 2.42. The normalized spacial score (nSPS) is 12.7. The van der Waals surface area contributed by atoms with Crippen LogP contribution in [0.25, 0.3) is 33.0 Å². The van der Waals surface area contributed by atoms with Gasteiger partial charge in [-0.15, -0.1) is 0 Å². The molecule has 0 aromatic heterocycles. The summed E-state index contributed by atoms with van der Waals surface area (Å²) >= 11 is 0. The maximum Gasteiger partial charge on any atom is 0.266 e. The molecule has 0 fully saturated rings. The zero-order valence-electron chi connectivity index (χ0n) is 26.4. The first-order chi connectivity index (χ1) is 24.3. The number of ether oxygens (including phenoxy) is 1. The molecule has 50 heavy (non-hydrogen) atoms. The van der Waals surface area contributed by atoms with Gasteiger partial charge in [0, 0.05) is 11.1 Å². The first-order valence-corrected chi connectivity index (χ1v) is 17.3. The van der Waals surface area contributed by atoms with Crippen molar-refractivity contribution in [3.63, 3.8) is 0 Å². The average Bonchev–Trinajstić information content (AvgIpc) is 3.41. The fourth-order valence-corrected chi connectivity index (χ4v) is 7.75. The number of hydrogen-bond donors (Lipinski definition) is 1. The lowest BCUT2D eigenvalue weighted by molar-refractivity contribution is 0.0926. The second-order valence-corrected chi connectivity index (χ2v) is 13.7. The lowest BCUT2D eigenvalue weighted by Crippen LogP contribution is -2.29. The monoisotopic (exact) mass is 673 g/mol. The topological polar surface area (TPSA) is 101 Å². The van der Waals surface area contributed by atoms with E-state index in [1.54, 1.807) is 103 Å². The minimum atomic E-state index is -3.66. The van der Waals surface area contributed by atoms with Crippen LogP contribution in [0.2, 0.25) is 0 Å². The highest BCUT2D eigenvalue weighted by atomic mass is 32.2. The zero-order chi connectivity index (χ0) is 34.4. The molecular weight excluding hydrogens is 647 g/mol. The fourth-order valence-electron chi connectivity index (χ4n) is 6.47. The van der Waals surface area contributed by atoms with Crippen LogP contribution in [0.1, 0.15) is 20.7 Å². The van der Waals surface area contributed by atoms with Crippen LogP contribution < -0.4 is 9.64 Å². The molecule has 1 N–H and O–H groups in total. The number of rotatable bonds is 7. The van der Waals surface area contributed by atoms with Crippen molar-refractivity contribution < 1.29 is 27.9 Å². The molecule has 7 nitrogen and oxygen atoms in total. The van der Waals surface area contributed by atoms with Gasteiger partial charge < -0.3 is 9.84 Å². The molecule has 0 unspecified atom stereocenters. The summed E-state index contributed by atoms with van der Waals surface area (Å²) in [5.41, 5.74) is 3.71. The van der Waals surface area contributed by atoms with Gasteiger partial charge >= 0.3 is 0 Å². The van der Waals surface area contributed by atoms with E-state index in [1.165, 1.54) is 17.0 Å². The van der Waals surface area contributed by atoms with Crippen molar-refractivity contribution in [2.75, 3.05) is 4.90 Å². The molecule has 2 amide bonds. The maximum atomic E-state index is 14.4. The summed E-state index contributed by atoms with van der Waals surface area (Å²) in [6.07, 6.45) is 0. The SMILES string of the molecule is O=C1c2c(c(-c3ccc(Oc4ccc(S(=O)(=O)c5ccccc5)cc4)cc3)c3ccccc3c2-c2ccc(O)cc2)C(=O)N1c1ccccc1. The van der Waals surface area contributed by atoms with Crippen LogP contribution >= 0.6 is 0 Å². The van der Waals surface area contributed by atoms with Gasteiger partial charge in [-0.05, 0) is 94.7 Å². The van der Waals surface area contributed by atoms with E-state index in [0.29, 0.717) is 50.6 Å². The van der Waals surface area contributed by atoms with E-state index in [-0.39, 0.29) is 15.5 Å². The van der Waals surface area contributed by atoms with Crippen LogP contribution in [0.4, 0.5) is 5.69 Å². The summed E-state index contributed by atoms with van der Waals surface area (Å²) in [7, 11) is -3.66. The number of imide groups is 1. The standard InChI is InChI=1S/C42H27NO6S/c44-30-19-15-27(16-20-30)37-35-13-7-8-14-36(35)38(40-39(37)41(45)43(42(40)46)29-9-3-1-4-10-29)28-17-21-31(22-18-28)49-32-23-25-34(26-24-32)50(47,48)33-11-5-2-6-12-33/h1-26,44H. The van der Waals surface area contributed by atoms with Gasteiger partial charge in [0.2, 0.25) is 9.84 Å². The van der Waals surface area contributed by atoms with E-state index < -0.39 is 21.7 Å². The number of carbonyl (C=O) groups excluding carboxylic acids is 2. The molecule has 0 saturated heterocycles. The Morgan fingerprint density at radius 1 is 0.460 bits per heavy atom. The van der Waals surface area contributed by atoms with Gasteiger partial charge in [-0.2, -0.15) is 0 Å².